The van der Waals surface area contributed by atoms with Crippen LogP contribution in [-0.4, -0.2) is 40.9 Å². The van der Waals surface area contributed by atoms with Gasteiger partial charge in [-0.25, -0.2) is 9.59 Å². The Balaban J connectivity index is 1.31. The van der Waals surface area contributed by atoms with E-state index in [0.717, 1.165) is 24.2 Å². The van der Waals surface area contributed by atoms with Crippen LogP contribution in [0.1, 0.15) is 32.6 Å². The average Bonchev–Trinajstić information content (AvgIpc) is 3.02. The van der Waals surface area contributed by atoms with Crippen molar-refractivity contribution in [3.05, 3.63) is 54.6 Å². The number of imide groups is 1. The van der Waals surface area contributed by atoms with E-state index >= 15 is 0 Å². The van der Waals surface area contributed by atoms with Gasteiger partial charge in [-0.15, -0.1) is 0 Å². The summed E-state index contributed by atoms with van der Waals surface area (Å²) in [6.45, 7) is 1.62. The van der Waals surface area contributed by atoms with Gasteiger partial charge >= 0.3 is 12.1 Å². The highest BCUT2D eigenvalue weighted by atomic mass is 16.2. The van der Waals surface area contributed by atoms with Gasteiger partial charge in [0.05, 0.1) is 0 Å². The number of urea groups is 2. The molecule has 2 aliphatic rings. The Labute approximate surface area is 191 Å². The second kappa shape index (κ2) is 9.32. The number of nitrogens with one attached hydrogen (secondary N) is 4. The van der Waals surface area contributed by atoms with E-state index in [0.29, 0.717) is 23.5 Å². The Morgan fingerprint density at radius 2 is 1.55 bits per heavy atom. The summed E-state index contributed by atoms with van der Waals surface area (Å²) in [6.07, 6.45) is 3.38. The van der Waals surface area contributed by atoms with E-state index in [2.05, 4.69) is 21.3 Å². The van der Waals surface area contributed by atoms with Gasteiger partial charge in [-0.05, 0) is 55.2 Å². The summed E-state index contributed by atoms with van der Waals surface area (Å²) < 4.78 is 0. The third kappa shape index (κ3) is 4.82. The molecular formula is C24H27N5O4. The predicted octanol–water partition coefficient (Wildman–Crippen LogP) is 3.77. The molecule has 4 N–H and O–H groups in total. The van der Waals surface area contributed by atoms with Crippen molar-refractivity contribution in [3.63, 3.8) is 0 Å². The Kier molecular flexibility index (Phi) is 6.30. The van der Waals surface area contributed by atoms with Gasteiger partial charge in [0.1, 0.15) is 12.1 Å². The molecule has 1 aliphatic carbocycles. The highest BCUT2D eigenvalue weighted by Gasteiger charge is 2.55. The molecule has 6 amide bonds. The Hall–Kier alpha value is -3.88. The van der Waals surface area contributed by atoms with Crippen LogP contribution in [0.15, 0.2) is 54.6 Å². The van der Waals surface area contributed by atoms with Gasteiger partial charge in [0.15, 0.2) is 0 Å². The van der Waals surface area contributed by atoms with Crippen LogP contribution in [0.4, 0.5) is 26.7 Å². The molecule has 1 aliphatic heterocycles. The van der Waals surface area contributed by atoms with Crippen LogP contribution in [0.2, 0.25) is 0 Å². The van der Waals surface area contributed by atoms with Crippen LogP contribution < -0.4 is 21.3 Å². The SMILES string of the molecule is C[C@@H]1CCCC[C@@]12NC(=O)N(CC(=O)Nc1ccc(NC(=O)Nc3ccccc3)cc1)C2=O. The molecule has 9 heteroatoms. The Morgan fingerprint density at radius 1 is 0.939 bits per heavy atom. The molecule has 4 rings (SSSR count). The standard InChI is InChI=1S/C24H27N5O4/c1-16-7-5-6-14-24(16)21(31)29(23(33)28-24)15-20(30)25-18-10-12-19(13-11-18)27-22(32)26-17-8-3-2-4-9-17/h2-4,8-13,16H,5-7,14-15H2,1H3,(H,25,30)(H,28,33)(H2,26,27,32)/t16-,24-/m1/s1. The number of nitrogens with zero attached hydrogens (tertiary/aromatic N) is 1. The first-order valence-corrected chi connectivity index (χ1v) is 11.0. The summed E-state index contributed by atoms with van der Waals surface area (Å²) in [6, 6.07) is 14.7. The lowest BCUT2D eigenvalue weighted by Gasteiger charge is -2.36. The molecule has 9 nitrogen and oxygen atoms in total. The number of rotatable bonds is 5. The molecule has 1 saturated heterocycles. The van der Waals surface area contributed by atoms with Crippen LogP contribution in [0.5, 0.6) is 0 Å². The van der Waals surface area contributed by atoms with Crippen molar-refractivity contribution in [1.82, 2.24) is 10.2 Å². The lowest BCUT2D eigenvalue weighted by atomic mass is 9.73. The zero-order valence-electron chi connectivity index (χ0n) is 18.4. The number of benzene rings is 2. The first kappa shape index (κ1) is 22.3. The van der Waals surface area contributed by atoms with Crippen LogP contribution in [0, 0.1) is 5.92 Å². The van der Waals surface area contributed by atoms with Gasteiger partial charge < -0.3 is 21.3 Å². The molecule has 0 radical (unpaired) electrons. The quantitative estimate of drug-likeness (QED) is 0.520. The van der Waals surface area contributed by atoms with Crippen LogP contribution in [0.3, 0.4) is 0 Å². The maximum absolute atomic E-state index is 13.0. The fourth-order valence-electron chi connectivity index (χ4n) is 4.43. The molecule has 0 unspecified atom stereocenters. The second-order valence-corrected chi connectivity index (χ2v) is 8.51. The molecule has 1 heterocycles. The summed E-state index contributed by atoms with van der Waals surface area (Å²) in [5, 5.41) is 11.0. The first-order valence-electron chi connectivity index (χ1n) is 11.0. The molecular weight excluding hydrogens is 422 g/mol. The minimum atomic E-state index is -0.886. The lowest BCUT2D eigenvalue weighted by molar-refractivity contribution is -0.136. The fourth-order valence-corrected chi connectivity index (χ4v) is 4.43. The number of hydrogen-bond acceptors (Lipinski definition) is 4. The average molecular weight is 450 g/mol. The normalized spacial score (nSPS) is 22.1. The molecule has 0 bridgehead atoms. The maximum Gasteiger partial charge on any atom is 0.325 e. The molecule has 33 heavy (non-hydrogen) atoms. The topological polar surface area (TPSA) is 120 Å². The molecule has 2 fully saturated rings. The van der Waals surface area contributed by atoms with Gasteiger partial charge in [0, 0.05) is 17.1 Å². The van der Waals surface area contributed by atoms with E-state index < -0.39 is 17.5 Å². The summed E-state index contributed by atoms with van der Waals surface area (Å²) >= 11 is 0. The molecule has 2 atom stereocenters. The summed E-state index contributed by atoms with van der Waals surface area (Å²) in [7, 11) is 0. The van der Waals surface area contributed by atoms with Gasteiger partial charge in [0.25, 0.3) is 5.91 Å². The van der Waals surface area contributed by atoms with Crippen molar-refractivity contribution in [1.29, 1.82) is 0 Å². The number of carbonyl (C=O) groups excluding carboxylic acids is 4. The number of para-hydroxylation sites is 1. The largest absolute Gasteiger partial charge is 0.325 e. The molecule has 2 aromatic rings. The Bertz CT molecular complexity index is 1060. The Morgan fingerprint density at radius 3 is 2.18 bits per heavy atom. The number of anilines is 3. The van der Waals surface area contributed by atoms with Crippen LogP contribution in [0.25, 0.3) is 0 Å². The molecule has 1 spiro atoms. The van der Waals surface area contributed by atoms with Crippen molar-refractivity contribution in [2.45, 2.75) is 38.1 Å². The minimum absolute atomic E-state index is 0.0369. The van der Waals surface area contributed by atoms with Gasteiger partial charge in [-0.1, -0.05) is 38.0 Å². The van der Waals surface area contributed by atoms with Crippen molar-refractivity contribution >= 4 is 40.9 Å². The van der Waals surface area contributed by atoms with E-state index in [9.17, 15) is 19.2 Å². The summed E-state index contributed by atoms with van der Waals surface area (Å²) in [5.74, 6) is -0.754. The van der Waals surface area contributed by atoms with E-state index in [1.165, 1.54) is 0 Å². The van der Waals surface area contributed by atoms with E-state index in [-0.39, 0.29) is 24.4 Å². The summed E-state index contributed by atoms with van der Waals surface area (Å²) in [4.78, 5) is 51.0. The number of carbonyl (C=O) groups is 4. The van der Waals surface area contributed by atoms with Gasteiger partial charge in [0.2, 0.25) is 5.91 Å². The summed E-state index contributed by atoms with van der Waals surface area (Å²) in [5.41, 5.74) is 0.817. The minimum Gasteiger partial charge on any atom is -0.325 e. The zero-order valence-corrected chi connectivity index (χ0v) is 18.4. The highest BCUT2D eigenvalue weighted by Crippen LogP contribution is 2.38. The maximum atomic E-state index is 13.0. The zero-order chi connectivity index (χ0) is 23.4. The lowest BCUT2D eigenvalue weighted by Crippen LogP contribution is -2.54. The third-order valence-electron chi connectivity index (χ3n) is 6.26. The molecule has 0 aromatic heterocycles. The molecule has 2 aromatic carbocycles. The highest BCUT2D eigenvalue weighted by molar-refractivity contribution is 6.10. The van der Waals surface area contributed by atoms with Crippen molar-refractivity contribution in [3.8, 4) is 0 Å². The second-order valence-electron chi connectivity index (χ2n) is 8.51. The smallest absolute Gasteiger partial charge is 0.325 e. The molecule has 172 valence electrons. The van der Waals surface area contributed by atoms with E-state index in [1.54, 1.807) is 36.4 Å². The molecule has 1 saturated carbocycles. The number of hydrogen-bond donors (Lipinski definition) is 4. The predicted molar refractivity (Wildman–Crippen MR) is 125 cm³/mol. The van der Waals surface area contributed by atoms with Crippen molar-refractivity contribution in [2.24, 2.45) is 5.92 Å². The van der Waals surface area contributed by atoms with Crippen molar-refractivity contribution < 1.29 is 19.2 Å². The van der Waals surface area contributed by atoms with Gasteiger partial charge in [-0.3, -0.25) is 14.5 Å². The fraction of sp³-hybridized carbons (Fsp3) is 0.333. The van der Waals surface area contributed by atoms with Crippen LogP contribution in [-0.2, 0) is 9.59 Å². The van der Waals surface area contributed by atoms with Crippen LogP contribution >= 0.6 is 0 Å². The van der Waals surface area contributed by atoms with E-state index in [1.807, 2.05) is 25.1 Å². The number of amides is 6. The van der Waals surface area contributed by atoms with Crippen molar-refractivity contribution in [2.75, 3.05) is 22.5 Å². The third-order valence-corrected chi connectivity index (χ3v) is 6.26. The monoisotopic (exact) mass is 449 g/mol. The first-order chi connectivity index (χ1) is 15.9. The van der Waals surface area contributed by atoms with Gasteiger partial charge in [-0.2, -0.15) is 0 Å². The van der Waals surface area contributed by atoms with E-state index in [4.69, 9.17) is 0 Å².